The van der Waals surface area contributed by atoms with Crippen LogP contribution in [0.4, 0.5) is 0 Å². The van der Waals surface area contributed by atoms with Crippen LogP contribution in [0.5, 0.6) is 5.88 Å². The van der Waals surface area contributed by atoms with Crippen LogP contribution in [0.1, 0.15) is 20.7 Å². The van der Waals surface area contributed by atoms with Gasteiger partial charge < -0.3 is 9.64 Å². The van der Waals surface area contributed by atoms with Crippen molar-refractivity contribution in [3.8, 4) is 5.88 Å². The molecule has 0 aromatic carbocycles. The van der Waals surface area contributed by atoms with Crippen molar-refractivity contribution in [2.75, 3.05) is 21.2 Å². The number of pyridine rings is 2. The Hall–Kier alpha value is -2.72. The molecule has 0 bridgehead atoms. The Bertz CT molecular complexity index is 962. The molecule has 0 atom stereocenters. The molecule has 138 valence electrons. The van der Waals surface area contributed by atoms with Crippen LogP contribution >= 0.6 is 11.6 Å². The Labute approximate surface area is 155 Å². The topological polar surface area (TPSA) is 119 Å². The zero-order valence-corrected chi connectivity index (χ0v) is 15.6. The summed E-state index contributed by atoms with van der Waals surface area (Å²) < 4.78 is 31.9. The molecule has 0 saturated carbocycles. The van der Waals surface area contributed by atoms with Crippen LogP contribution in [0, 0.1) is 0 Å². The van der Waals surface area contributed by atoms with Crippen LogP contribution in [0.25, 0.3) is 0 Å². The lowest BCUT2D eigenvalue weighted by atomic mass is 10.2. The summed E-state index contributed by atoms with van der Waals surface area (Å²) in [5, 5.41) is -0.488. The molecule has 0 aliphatic carbocycles. The molecule has 0 aliphatic rings. The van der Waals surface area contributed by atoms with E-state index in [2.05, 4.69) is 9.97 Å². The molecule has 0 saturated heterocycles. The number of aromatic nitrogens is 2. The number of halogens is 1. The number of amides is 2. The van der Waals surface area contributed by atoms with E-state index in [4.69, 9.17) is 16.3 Å². The van der Waals surface area contributed by atoms with Gasteiger partial charge in [0.15, 0.2) is 5.03 Å². The molecule has 11 heteroatoms. The molecule has 9 nitrogen and oxygen atoms in total. The number of sulfonamides is 1. The van der Waals surface area contributed by atoms with Gasteiger partial charge in [0.1, 0.15) is 10.7 Å². The first-order valence-electron chi connectivity index (χ1n) is 7.11. The second kappa shape index (κ2) is 7.67. The number of hydrogen-bond acceptors (Lipinski definition) is 7. The SMILES string of the molecule is COc1nc(Cl)ccc1C(=O)NS(=O)(=O)c1ncccc1C(=O)N(C)C. The molecule has 0 spiro atoms. The van der Waals surface area contributed by atoms with E-state index in [9.17, 15) is 18.0 Å². The fraction of sp³-hybridized carbons (Fsp3) is 0.200. The lowest BCUT2D eigenvalue weighted by molar-refractivity contribution is 0.0822. The van der Waals surface area contributed by atoms with Crippen LogP contribution in [-0.4, -0.2) is 56.3 Å². The third-order valence-corrected chi connectivity index (χ3v) is 4.65. The van der Waals surface area contributed by atoms with E-state index >= 15 is 0 Å². The molecule has 2 heterocycles. The second-order valence-corrected chi connectivity index (χ2v) is 7.17. The highest BCUT2D eigenvalue weighted by atomic mass is 35.5. The highest BCUT2D eigenvalue weighted by molar-refractivity contribution is 7.90. The average Bonchev–Trinajstić information content (AvgIpc) is 2.60. The number of carbonyl (C=O) groups is 2. The van der Waals surface area contributed by atoms with Gasteiger partial charge in [0.2, 0.25) is 5.88 Å². The Morgan fingerprint density at radius 2 is 1.88 bits per heavy atom. The van der Waals surface area contributed by atoms with Crippen molar-refractivity contribution in [2.45, 2.75) is 5.03 Å². The summed E-state index contributed by atoms with van der Waals surface area (Å²) in [4.78, 5) is 33.3. The van der Waals surface area contributed by atoms with Crippen molar-refractivity contribution < 1.29 is 22.7 Å². The lowest BCUT2D eigenvalue weighted by Crippen LogP contribution is -2.34. The summed E-state index contributed by atoms with van der Waals surface area (Å²) in [7, 11) is -0.232. The molecule has 26 heavy (non-hydrogen) atoms. The second-order valence-electron chi connectivity index (χ2n) is 5.18. The predicted octanol–water partition coefficient (Wildman–Crippen LogP) is 0.959. The minimum atomic E-state index is -4.43. The number of carbonyl (C=O) groups excluding carboxylic acids is 2. The smallest absolute Gasteiger partial charge is 0.282 e. The summed E-state index contributed by atoms with van der Waals surface area (Å²) in [6, 6.07) is 5.30. The summed E-state index contributed by atoms with van der Waals surface area (Å²) in [6.07, 6.45) is 1.20. The Balaban J connectivity index is 2.42. The number of methoxy groups -OCH3 is 1. The molecule has 1 N–H and O–H groups in total. The van der Waals surface area contributed by atoms with Gasteiger partial charge in [-0.25, -0.2) is 14.7 Å². The average molecular weight is 399 g/mol. The van der Waals surface area contributed by atoms with Crippen molar-refractivity contribution >= 4 is 33.4 Å². The first kappa shape index (κ1) is 19.6. The van der Waals surface area contributed by atoms with Crippen molar-refractivity contribution in [3.63, 3.8) is 0 Å². The van der Waals surface area contributed by atoms with Gasteiger partial charge in [-0.3, -0.25) is 9.59 Å². The van der Waals surface area contributed by atoms with Crippen LogP contribution in [-0.2, 0) is 10.0 Å². The van der Waals surface area contributed by atoms with Crippen molar-refractivity contribution in [2.24, 2.45) is 0 Å². The van der Waals surface area contributed by atoms with Gasteiger partial charge in [0.05, 0.1) is 12.7 Å². The van der Waals surface area contributed by atoms with Gasteiger partial charge >= 0.3 is 0 Å². The molecular weight excluding hydrogens is 384 g/mol. The Kier molecular flexibility index (Phi) is 5.78. The first-order valence-corrected chi connectivity index (χ1v) is 8.98. The van der Waals surface area contributed by atoms with Crippen molar-refractivity contribution in [1.29, 1.82) is 0 Å². The highest BCUT2D eigenvalue weighted by Crippen LogP contribution is 2.20. The van der Waals surface area contributed by atoms with Gasteiger partial charge in [0, 0.05) is 20.3 Å². The quantitative estimate of drug-likeness (QED) is 0.745. The maximum absolute atomic E-state index is 12.6. The van der Waals surface area contributed by atoms with Crippen molar-refractivity contribution in [3.05, 3.63) is 46.7 Å². The normalized spacial score (nSPS) is 10.9. The molecule has 2 aromatic heterocycles. The number of nitrogens with one attached hydrogen (secondary N) is 1. The van der Waals surface area contributed by atoms with Crippen LogP contribution in [0.3, 0.4) is 0 Å². The van der Waals surface area contributed by atoms with E-state index in [0.29, 0.717) is 0 Å². The van der Waals surface area contributed by atoms with Crippen LogP contribution < -0.4 is 9.46 Å². The number of hydrogen-bond donors (Lipinski definition) is 1. The fourth-order valence-corrected chi connectivity index (χ4v) is 3.22. The van der Waals surface area contributed by atoms with E-state index in [1.54, 1.807) is 0 Å². The molecule has 0 fully saturated rings. The maximum Gasteiger partial charge on any atom is 0.282 e. The Morgan fingerprint density at radius 3 is 2.50 bits per heavy atom. The minimum absolute atomic E-state index is 0.0739. The van der Waals surface area contributed by atoms with E-state index in [0.717, 1.165) is 0 Å². The fourth-order valence-electron chi connectivity index (χ4n) is 1.98. The monoisotopic (exact) mass is 398 g/mol. The van der Waals surface area contributed by atoms with E-state index in [-0.39, 0.29) is 22.2 Å². The number of ether oxygens (including phenoxy) is 1. The summed E-state index contributed by atoms with van der Waals surface area (Å²) in [5.41, 5.74) is -0.309. The third kappa shape index (κ3) is 4.09. The standard InChI is InChI=1S/C15H15ClN4O5S/c1-20(2)15(22)10-5-4-8-17-14(10)26(23,24)19-12(21)9-6-7-11(16)18-13(9)25-3/h4-8H,1-3H3,(H,19,21). The van der Waals surface area contributed by atoms with Crippen LogP contribution in [0.15, 0.2) is 35.5 Å². The zero-order valence-electron chi connectivity index (χ0n) is 14.1. The Morgan fingerprint density at radius 1 is 1.19 bits per heavy atom. The maximum atomic E-state index is 12.6. The molecule has 2 amide bonds. The molecule has 0 aliphatic heterocycles. The largest absolute Gasteiger partial charge is 0.480 e. The minimum Gasteiger partial charge on any atom is -0.480 e. The number of nitrogens with zero attached hydrogens (tertiary/aromatic N) is 3. The lowest BCUT2D eigenvalue weighted by Gasteiger charge is -2.14. The van der Waals surface area contributed by atoms with E-state index < -0.39 is 26.9 Å². The van der Waals surface area contributed by atoms with Gasteiger partial charge in [-0.1, -0.05) is 11.6 Å². The summed E-state index contributed by atoms with van der Waals surface area (Å²) in [5.74, 6) is -1.72. The third-order valence-electron chi connectivity index (χ3n) is 3.15. The van der Waals surface area contributed by atoms with Gasteiger partial charge in [-0.05, 0) is 24.3 Å². The molecule has 0 unspecified atom stereocenters. The molecular formula is C15H15ClN4O5S. The molecule has 2 rings (SSSR count). The van der Waals surface area contributed by atoms with Gasteiger partial charge in [0.25, 0.3) is 21.8 Å². The van der Waals surface area contributed by atoms with E-state index in [1.165, 1.54) is 56.6 Å². The van der Waals surface area contributed by atoms with Crippen LogP contribution in [0.2, 0.25) is 5.15 Å². The predicted molar refractivity (Wildman–Crippen MR) is 92.7 cm³/mol. The van der Waals surface area contributed by atoms with E-state index in [1.807, 2.05) is 4.72 Å². The number of rotatable bonds is 5. The van der Waals surface area contributed by atoms with Gasteiger partial charge in [-0.15, -0.1) is 0 Å². The molecule has 2 aromatic rings. The van der Waals surface area contributed by atoms with Gasteiger partial charge in [-0.2, -0.15) is 8.42 Å². The van der Waals surface area contributed by atoms with Crippen molar-refractivity contribution in [1.82, 2.24) is 19.6 Å². The zero-order chi connectivity index (χ0) is 19.5. The highest BCUT2D eigenvalue weighted by Gasteiger charge is 2.28. The summed E-state index contributed by atoms with van der Waals surface area (Å²) in [6.45, 7) is 0. The first-order chi connectivity index (χ1) is 12.2. The molecule has 0 radical (unpaired) electrons. The summed E-state index contributed by atoms with van der Waals surface area (Å²) >= 11 is 5.72.